The minimum atomic E-state index is -0.169. The molecule has 1 aromatic rings. The summed E-state index contributed by atoms with van der Waals surface area (Å²) in [5.74, 6) is 0.808. The van der Waals surface area contributed by atoms with Gasteiger partial charge in [-0.05, 0) is 42.9 Å². The molecule has 0 heterocycles. The molecule has 1 nitrogen and oxygen atoms in total. The molecule has 1 rings (SSSR count). The maximum absolute atomic E-state index is 13.3. The molecule has 0 aromatic heterocycles. The van der Waals surface area contributed by atoms with Crippen LogP contribution < -0.4 is 5.73 Å². The Hall–Kier alpha value is -0.540. The summed E-state index contributed by atoms with van der Waals surface area (Å²) >= 11 is 1.71. The van der Waals surface area contributed by atoms with Crippen LogP contribution in [0.2, 0.25) is 0 Å². The number of rotatable bonds is 3. The molecule has 0 saturated heterocycles. The summed E-state index contributed by atoms with van der Waals surface area (Å²) in [4.78, 5) is 1.10. The van der Waals surface area contributed by atoms with Crippen molar-refractivity contribution in [3.63, 3.8) is 0 Å². The number of hydrogen-bond acceptors (Lipinski definition) is 2. The summed E-state index contributed by atoms with van der Waals surface area (Å²) < 4.78 is 13.3. The second kappa shape index (κ2) is 4.80. The highest BCUT2D eigenvalue weighted by molar-refractivity contribution is 7.99. The van der Waals surface area contributed by atoms with Gasteiger partial charge in [-0.25, -0.2) is 4.39 Å². The van der Waals surface area contributed by atoms with E-state index in [-0.39, 0.29) is 11.9 Å². The normalized spacial score (nSPS) is 12.9. The van der Waals surface area contributed by atoms with Crippen LogP contribution in [0.1, 0.15) is 31.0 Å². The van der Waals surface area contributed by atoms with Gasteiger partial charge in [0.1, 0.15) is 5.82 Å². The van der Waals surface area contributed by atoms with E-state index in [0.717, 1.165) is 16.2 Å². The molecule has 0 bridgehead atoms. The fourth-order valence-corrected chi connectivity index (χ4v) is 2.29. The number of hydrogen-bond donors (Lipinski definition) is 1. The number of thioether (sulfide) groups is 1. The Balaban J connectivity index is 3.17. The molecule has 0 aliphatic carbocycles. The van der Waals surface area contributed by atoms with E-state index in [9.17, 15) is 4.39 Å². The Morgan fingerprint density at radius 2 is 2.14 bits per heavy atom. The maximum Gasteiger partial charge on any atom is 0.126 e. The van der Waals surface area contributed by atoms with Crippen molar-refractivity contribution in [3.8, 4) is 0 Å². The van der Waals surface area contributed by atoms with Gasteiger partial charge in [-0.1, -0.05) is 6.92 Å². The average Bonchev–Trinajstić information content (AvgIpc) is 2.11. The van der Waals surface area contributed by atoms with Crippen molar-refractivity contribution < 1.29 is 4.39 Å². The Labute approximate surface area is 88.9 Å². The van der Waals surface area contributed by atoms with Gasteiger partial charge in [0.25, 0.3) is 0 Å². The zero-order valence-electron chi connectivity index (χ0n) is 8.80. The first-order chi connectivity index (χ1) is 6.56. The van der Waals surface area contributed by atoms with Gasteiger partial charge in [-0.2, -0.15) is 0 Å². The van der Waals surface area contributed by atoms with Crippen molar-refractivity contribution in [1.29, 1.82) is 0 Å². The minimum absolute atomic E-state index is 0.112. The average molecular weight is 213 g/mol. The van der Waals surface area contributed by atoms with Crippen LogP contribution >= 0.6 is 11.8 Å². The molecule has 1 atom stereocenters. The second-order valence-corrected chi connectivity index (χ2v) is 4.67. The summed E-state index contributed by atoms with van der Waals surface area (Å²) in [7, 11) is 0. The first-order valence-corrected chi connectivity index (χ1v) is 5.73. The van der Waals surface area contributed by atoms with Crippen LogP contribution in [0.4, 0.5) is 4.39 Å². The van der Waals surface area contributed by atoms with Crippen molar-refractivity contribution in [1.82, 2.24) is 0 Å². The van der Waals surface area contributed by atoms with E-state index in [4.69, 9.17) is 5.73 Å². The zero-order chi connectivity index (χ0) is 10.7. The van der Waals surface area contributed by atoms with Crippen LogP contribution in [0, 0.1) is 12.7 Å². The summed E-state index contributed by atoms with van der Waals surface area (Å²) in [5, 5.41) is 0. The van der Waals surface area contributed by atoms with Gasteiger partial charge in [-0.3, -0.25) is 0 Å². The molecule has 0 fully saturated rings. The van der Waals surface area contributed by atoms with Gasteiger partial charge < -0.3 is 5.73 Å². The molecule has 2 N–H and O–H groups in total. The minimum Gasteiger partial charge on any atom is -0.324 e. The number of nitrogens with two attached hydrogens (primary N) is 1. The molecule has 3 heteroatoms. The lowest BCUT2D eigenvalue weighted by Gasteiger charge is -2.13. The number of benzene rings is 1. The van der Waals surface area contributed by atoms with Gasteiger partial charge >= 0.3 is 0 Å². The van der Waals surface area contributed by atoms with E-state index < -0.39 is 0 Å². The fraction of sp³-hybridized carbons (Fsp3) is 0.455. The SMILES string of the molecule is CCSc1cc(C)c(F)cc1[C@@H](C)N. The molecule has 14 heavy (non-hydrogen) atoms. The predicted octanol–water partition coefficient (Wildman–Crippen LogP) is 3.27. The smallest absolute Gasteiger partial charge is 0.126 e. The van der Waals surface area contributed by atoms with Gasteiger partial charge in [-0.15, -0.1) is 11.8 Å². The quantitative estimate of drug-likeness (QED) is 0.780. The summed E-state index contributed by atoms with van der Waals surface area (Å²) in [6, 6.07) is 3.32. The van der Waals surface area contributed by atoms with Crippen molar-refractivity contribution in [3.05, 3.63) is 29.1 Å². The molecular formula is C11H16FNS. The van der Waals surface area contributed by atoms with E-state index in [0.29, 0.717) is 5.56 Å². The molecule has 0 amide bonds. The van der Waals surface area contributed by atoms with Gasteiger partial charge in [0, 0.05) is 10.9 Å². The Kier molecular flexibility index (Phi) is 3.96. The molecule has 1 aromatic carbocycles. The van der Waals surface area contributed by atoms with Crippen LogP contribution in [0.3, 0.4) is 0 Å². The molecule has 78 valence electrons. The first-order valence-electron chi connectivity index (χ1n) is 4.74. The lowest BCUT2D eigenvalue weighted by Crippen LogP contribution is -2.07. The Bertz CT molecular complexity index is 323. The molecule has 0 aliphatic rings. The lowest BCUT2D eigenvalue weighted by molar-refractivity contribution is 0.610. The highest BCUT2D eigenvalue weighted by Crippen LogP contribution is 2.28. The van der Waals surface area contributed by atoms with Crippen LogP contribution in [0.5, 0.6) is 0 Å². The van der Waals surface area contributed by atoms with E-state index in [1.165, 1.54) is 0 Å². The first kappa shape index (κ1) is 11.5. The summed E-state index contributed by atoms with van der Waals surface area (Å²) in [5.41, 5.74) is 7.37. The van der Waals surface area contributed by atoms with Gasteiger partial charge in [0.15, 0.2) is 0 Å². The van der Waals surface area contributed by atoms with Crippen molar-refractivity contribution in [2.75, 3.05) is 5.75 Å². The summed E-state index contributed by atoms with van der Waals surface area (Å²) in [6.07, 6.45) is 0. The van der Waals surface area contributed by atoms with Crippen LogP contribution in [-0.4, -0.2) is 5.75 Å². The molecule has 0 spiro atoms. The van der Waals surface area contributed by atoms with Gasteiger partial charge in [0.05, 0.1) is 0 Å². The Morgan fingerprint density at radius 3 is 2.64 bits per heavy atom. The van der Waals surface area contributed by atoms with E-state index in [2.05, 4.69) is 6.92 Å². The number of aryl methyl sites for hydroxylation is 1. The van der Waals surface area contributed by atoms with Crippen molar-refractivity contribution >= 4 is 11.8 Å². The topological polar surface area (TPSA) is 26.0 Å². The van der Waals surface area contributed by atoms with E-state index >= 15 is 0 Å². The lowest BCUT2D eigenvalue weighted by atomic mass is 10.1. The number of halogens is 1. The molecular weight excluding hydrogens is 197 g/mol. The van der Waals surface area contributed by atoms with Crippen LogP contribution in [0.15, 0.2) is 17.0 Å². The highest BCUT2D eigenvalue weighted by atomic mass is 32.2. The van der Waals surface area contributed by atoms with Crippen molar-refractivity contribution in [2.24, 2.45) is 5.73 Å². The maximum atomic E-state index is 13.3. The molecule has 0 aliphatic heterocycles. The molecule has 0 radical (unpaired) electrons. The second-order valence-electron chi connectivity index (χ2n) is 3.36. The highest BCUT2D eigenvalue weighted by Gasteiger charge is 2.10. The van der Waals surface area contributed by atoms with E-state index in [1.807, 2.05) is 13.0 Å². The van der Waals surface area contributed by atoms with Gasteiger partial charge in [0.2, 0.25) is 0 Å². The third-order valence-corrected chi connectivity index (χ3v) is 3.03. The van der Waals surface area contributed by atoms with Crippen LogP contribution in [-0.2, 0) is 0 Å². The molecule has 0 saturated carbocycles. The predicted molar refractivity (Wildman–Crippen MR) is 60.1 cm³/mol. The zero-order valence-corrected chi connectivity index (χ0v) is 9.62. The van der Waals surface area contributed by atoms with Crippen molar-refractivity contribution in [2.45, 2.75) is 31.7 Å². The molecule has 0 unspecified atom stereocenters. The largest absolute Gasteiger partial charge is 0.324 e. The third kappa shape index (κ3) is 2.49. The standard InChI is InChI=1S/C11H16FNS/c1-4-14-11-5-7(2)10(12)6-9(11)8(3)13/h5-6,8H,4,13H2,1-3H3/t8-/m1/s1. The summed E-state index contributed by atoms with van der Waals surface area (Å²) in [6.45, 7) is 5.73. The third-order valence-electron chi connectivity index (χ3n) is 2.08. The van der Waals surface area contributed by atoms with E-state index in [1.54, 1.807) is 24.8 Å². The Morgan fingerprint density at radius 1 is 1.50 bits per heavy atom. The fourth-order valence-electron chi connectivity index (χ4n) is 1.31. The van der Waals surface area contributed by atoms with Crippen LogP contribution in [0.25, 0.3) is 0 Å². The monoisotopic (exact) mass is 213 g/mol.